The van der Waals surface area contributed by atoms with Crippen molar-refractivity contribution in [2.75, 3.05) is 13.1 Å². The van der Waals surface area contributed by atoms with Crippen LogP contribution in [0.5, 0.6) is 5.88 Å². The van der Waals surface area contributed by atoms with Gasteiger partial charge in [-0.25, -0.2) is 5.14 Å². The van der Waals surface area contributed by atoms with Gasteiger partial charge < -0.3 is 4.18 Å². The molecular formula is C8H14N4OS. The van der Waals surface area contributed by atoms with E-state index < -0.39 is 0 Å². The highest BCUT2D eigenvalue weighted by atomic mass is 32.2. The van der Waals surface area contributed by atoms with E-state index in [1.54, 1.807) is 0 Å². The molecule has 0 unspecified atom stereocenters. The Morgan fingerprint density at radius 1 is 1.64 bits per heavy atom. The summed E-state index contributed by atoms with van der Waals surface area (Å²) in [7, 11) is 1.92. The van der Waals surface area contributed by atoms with Crippen molar-refractivity contribution in [1.82, 2.24) is 14.7 Å². The third-order valence-corrected chi connectivity index (χ3v) is 2.69. The summed E-state index contributed by atoms with van der Waals surface area (Å²) in [5, 5.41) is 9.37. The van der Waals surface area contributed by atoms with Crippen LogP contribution in [0.2, 0.25) is 0 Å². The molecule has 2 rings (SSSR count). The summed E-state index contributed by atoms with van der Waals surface area (Å²) < 4.78 is 6.88. The first-order valence-electron chi connectivity index (χ1n) is 4.58. The lowest BCUT2D eigenvalue weighted by molar-refractivity contribution is 0.168. The molecule has 0 saturated carbocycles. The molecule has 1 aromatic heterocycles. The minimum absolute atomic E-state index is 0.579. The molecule has 1 fully saturated rings. The molecular weight excluding hydrogens is 200 g/mol. The Labute approximate surface area is 87.5 Å². The van der Waals surface area contributed by atoms with Crippen LogP contribution in [0, 0.1) is 0 Å². The van der Waals surface area contributed by atoms with Crippen LogP contribution in [0.3, 0.4) is 0 Å². The smallest absolute Gasteiger partial charge is 0.248 e. The van der Waals surface area contributed by atoms with E-state index in [1.807, 2.05) is 17.8 Å². The first-order chi connectivity index (χ1) is 6.79. The number of nitrogens with zero attached hydrogens (tertiary/aromatic N) is 3. The van der Waals surface area contributed by atoms with Crippen LogP contribution in [0.25, 0.3) is 0 Å². The minimum Gasteiger partial charge on any atom is -0.388 e. The fraction of sp³-hybridized carbons (Fsp3) is 0.625. The number of aryl methyl sites for hydroxylation is 1. The molecule has 1 aliphatic rings. The van der Waals surface area contributed by atoms with Crippen LogP contribution in [0.4, 0.5) is 0 Å². The van der Waals surface area contributed by atoms with Gasteiger partial charge in [-0.15, -0.1) is 5.10 Å². The summed E-state index contributed by atoms with van der Waals surface area (Å²) in [4.78, 5) is 2.37. The Morgan fingerprint density at radius 2 is 2.43 bits per heavy atom. The van der Waals surface area contributed by atoms with E-state index in [0.29, 0.717) is 5.88 Å². The molecule has 14 heavy (non-hydrogen) atoms. The number of hydrogen-bond acceptors (Lipinski definition) is 5. The third kappa shape index (κ3) is 2.02. The highest BCUT2D eigenvalue weighted by Gasteiger charge is 2.16. The molecule has 5 nitrogen and oxygen atoms in total. The first-order valence-corrected chi connectivity index (χ1v) is 5.39. The molecule has 1 aliphatic heterocycles. The predicted octanol–water partition coefficient (Wildman–Crippen LogP) is 0.526. The van der Waals surface area contributed by atoms with E-state index in [1.165, 1.54) is 19.5 Å². The van der Waals surface area contributed by atoms with Crippen molar-refractivity contribution in [1.29, 1.82) is 0 Å². The molecule has 0 aromatic carbocycles. The molecule has 6 heteroatoms. The van der Waals surface area contributed by atoms with E-state index in [4.69, 9.17) is 9.32 Å². The molecule has 0 aliphatic carbocycles. The topological polar surface area (TPSA) is 56.3 Å². The zero-order chi connectivity index (χ0) is 9.97. The predicted molar refractivity (Wildman–Crippen MR) is 55.5 cm³/mol. The molecule has 1 aromatic rings. The standard InChI is InChI=1S/C8H14N4OS/c1-11-7(6-12-3-2-4-12)5-8(10-11)13-14-9/h5H,2-4,6,9H2,1H3. The zero-order valence-electron chi connectivity index (χ0n) is 8.14. The summed E-state index contributed by atoms with van der Waals surface area (Å²) in [6, 6.07) is 1.93. The summed E-state index contributed by atoms with van der Waals surface area (Å²) in [6.45, 7) is 3.32. The van der Waals surface area contributed by atoms with Crippen molar-refractivity contribution in [2.45, 2.75) is 13.0 Å². The van der Waals surface area contributed by atoms with Gasteiger partial charge in [0.25, 0.3) is 0 Å². The van der Waals surface area contributed by atoms with E-state index in [0.717, 1.165) is 24.5 Å². The molecule has 0 amide bonds. The first kappa shape index (κ1) is 9.82. The van der Waals surface area contributed by atoms with E-state index >= 15 is 0 Å². The van der Waals surface area contributed by atoms with Crippen LogP contribution in [-0.2, 0) is 13.6 Å². The van der Waals surface area contributed by atoms with Gasteiger partial charge in [0.1, 0.15) is 12.2 Å². The Bertz CT molecular complexity index is 310. The second kappa shape index (κ2) is 4.20. The van der Waals surface area contributed by atoms with Crippen molar-refractivity contribution in [3.63, 3.8) is 0 Å². The Morgan fingerprint density at radius 3 is 3.00 bits per heavy atom. The highest BCUT2D eigenvalue weighted by molar-refractivity contribution is 7.92. The molecule has 2 heterocycles. The normalized spacial score (nSPS) is 16.7. The van der Waals surface area contributed by atoms with Gasteiger partial charge in [-0.3, -0.25) is 9.58 Å². The monoisotopic (exact) mass is 214 g/mol. The number of aromatic nitrogens is 2. The highest BCUT2D eigenvalue weighted by Crippen LogP contribution is 2.17. The number of hydrogen-bond donors (Lipinski definition) is 1. The second-order valence-electron chi connectivity index (χ2n) is 3.41. The van der Waals surface area contributed by atoms with Gasteiger partial charge in [0, 0.05) is 19.7 Å². The molecule has 0 spiro atoms. The van der Waals surface area contributed by atoms with Crippen molar-refractivity contribution in [3.8, 4) is 5.88 Å². The number of likely N-dealkylation sites (tertiary alicyclic amines) is 1. The van der Waals surface area contributed by atoms with Crippen molar-refractivity contribution in [3.05, 3.63) is 11.8 Å². The third-order valence-electron chi connectivity index (χ3n) is 2.42. The molecule has 2 N–H and O–H groups in total. The van der Waals surface area contributed by atoms with Gasteiger partial charge in [-0.2, -0.15) is 0 Å². The van der Waals surface area contributed by atoms with Gasteiger partial charge >= 0.3 is 0 Å². The van der Waals surface area contributed by atoms with Crippen molar-refractivity contribution >= 4 is 12.2 Å². The quantitative estimate of drug-likeness (QED) is 0.585. The van der Waals surface area contributed by atoms with E-state index in [-0.39, 0.29) is 0 Å². The van der Waals surface area contributed by atoms with Gasteiger partial charge in [-0.05, 0) is 19.5 Å². The molecule has 0 bridgehead atoms. The van der Waals surface area contributed by atoms with Crippen LogP contribution in [0.15, 0.2) is 6.07 Å². The SMILES string of the molecule is Cn1nc(OSN)cc1CN1CCC1. The van der Waals surface area contributed by atoms with Gasteiger partial charge in [0.05, 0.1) is 5.69 Å². The van der Waals surface area contributed by atoms with E-state index in [2.05, 4.69) is 10.00 Å². The molecule has 0 atom stereocenters. The molecule has 78 valence electrons. The Kier molecular flexibility index (Phi) is 2.95. The summed E-state index contributed by atoms with van der Waals surface area (Å²) in [5.74, 6) is 0.579. The lowest BCUT2D eigenvalue weighted by Crippen LogP contribution is -2.36. The van der Waals surface area contributed by atoms with Crippen LogP contribution in [-0.4, -0.2) is 27.8 Å². The summed E-state index contributed by atoms with van der Waals surface area (Å²) >= 11 is 0.826. The van der Waals surface area contributed by atoms with Gasteiger partial charge in [-0.1, -0.05) is 0 Å². The van der Waals surface area contributed by atoms with Crippen molar-refractivity contribution in [2.24, 2.45) is 12.2 Å². The summed E-state index contributed by atoms with van der Waals surface area (Å²) in [5.41, 5.74) is 1.16. The van der Waals surface area contributed by atoms with Crippen LogP contribution < -0.4 is 9.32 Å². The average Bonchev–Trinajstić information content (AvgIpc) is 2.40. The zero-order valence-corrected chi connectivity index (χ0v) is 8.96. The maximum absolute atomic E-state index is 5.19. The maximum atomic E-state index is 5.19. The van der Waals surface area contributed by atoms with Gasteiger partial charge in [0.15, 0.2) is 0 Å². The second-order valence-corrected chi connectivity index (χ2v) is 3.77. The fourth-order valence-corrected chi connectivity index (χ4v) is 1.66. The average molecular weight is 214 g/mol. The molecule has 1 saturated heterocycles. The lowest BCUT2D eigenvalue weighted by atomic mass is 10.2. The largest absolute Gasteiger partial charge is 0.388 e. The lowest BCUT2D eigenvalue weighted by Gasteiger charge is -2.30. The number of rotatable bonds is 4. The Hall–Kier alpha value is -0.720. The molecule has 0 radical (unpaired) electrons. The van der Waals surface area contributed by atoms with Crippen molar-refractivity contribution < 1.29 is 4.18 Å². The van der Waals surface area contributed by atoms with E-state index in [9.17, 15) is 0 Å². The minimum atomic E-state index is 0.579. The maximum Gasteiger partial charge on any atom is 0.248 e. The summed E-state index contributed by atoms with van der Waals surface area (Å²) in [6.07, 6.45) is 1.31. The van der Waals surface area contributed by atoms with Crippen LogP contribution >= 0.6 is 12.2 Å². The van der Waals surface area contributed by atoms with Crippen LogP contribution in [0.1, 0.15) is 12.1 Å². The number of nitrogens with two attached hydrogens (primary N) is 1. The fourth-order valence-electron chi connectivity index (χ4n) is 1.48. The Balaban J connectivity index is 2.00. The van der Waals surface area contributed by atoms with Gasteiger partial charge in [0.2, 0.25) is 5.88 Å².